The number of likely N-dealkylation sites (tertiary alicyclic amines) is 1. The van der Waals surface area contributed by atoms with Crippen LogP contribution in [0.15, 0.2) is 18.2 Å². The number of hydrogen-bond acceptors (Lipinski definition) is 4. The Morgan fingerprint density at radius 1 is 1.50 bits per heavy atom. The van der Waals surface area contributed by atoms with Crippen molar-refractivity contribution in [2.75, 3.05) is 37.6 Å². The number of amides is 2. The second-order valence-corrected chi connectivity index (χ2v) is 7.12. The Bertz CT molecular complexity index is 770. The minimum atomic E-state index is -0.564. The molecule has 138 valence electrons. The largest absolute Gasteiger partial charge is 0.442 e. The number of rotatable bonds is 5. The lowest BCUT2D eigenvalue weighted by Gasteiger charge is -2.47. The van der Waals surface area contributed by atoms with Gasteiger partial charge in [-0.2, -0.15) is 5.26 Å². The van der Waals surface area contributed by atoms with Crippen molar-refractivity contribution in [2.45, 2.75) is 20.0 Å². The molecular weight excluding hydrogens is 339 g/mol. The van der Waals surface area contributed by atoms with Crippen LogP contribution in [0.5, 0.6) is 0 Å². The topological polar surface area (TPSA) is 82.4 Å². The molecule has 2 heterocycles. The van der Waals surface area contributed by atoms with E-state index in [-0.39, 0.29) is 25.5 Å². The predicted octanol–water partition coefficient (Wildman–Crippen LogP) is 1.77. The predicted molar refractivity (Wildman–Crippen MR) is 93.9 cm³/mol. The first-order valence-electron chi connectivity index (χ1n) is 8.60. The summed E-state index contributed by atoms with van der Waals surface area (Å²) in [6.45, 7) is 5.62. The van der Waals surface area contributed by atoms with Crippen LogP contribution in [0.25, 0.3) is 0 Å². The van der Waals surface area contributed by atoms with Crippen molar-refractivity contribution in [2.24, 2.45) is 5.92 Å². The van der Waals surface area contributed by atoms with E-state index in [9.17, 15) is 14.0 Å². The molecule has 2 aliphatic rings. The summed E-state index contributed by atoms with van der Waals surface area (Å²) < 4.78 is 20.3. The van der Waals surface area contributed by atoms with Gasteiger partial charge in [0.2, 0.25) is 5.91 Å². The molecule has 0 spiro atoms. The molecule has 1 atom stereocenters. The van der Waals surface area contributed by atoms with Gasteiger partial charge in [0, 0.05) is 19.1 Å². The third kappa shape index (κ3) is 3.35. The van der Waals surface area contributed by atoms with Gasteiger partial charge in [-0.05, 0) is 6.07 Å². The van der Waals surface area contributed by atoms with Gasteiger partial charge in [0.25, 0.3) is 0 Å². The van der Waals surface area contributed by atoms with Crippen molar-refractivity contribution in [3.8, 4) is 6.07 Å². The Morgan fingerprint density at radius 3 is 2.81 bits per heavy atom. The van der Waals surface area contributed by atoms with E-state index in [1.54, 1.807) is 12.1 Å². The third-order valence-electron chi connectivity index (χ3n) is 4.90. The van der Waals surface area contributed by atoms with Gasteiger partial charge in [-0.1, -0.05) is 6.92 Å². The standard InChI is InChI=1S/C18H21FN4O3/c1-12-10-23(11-12,6-5-20)17-4-3-14(7-16(17)19)22-9-15(26-18(22)25)8-21-13(2)24/h3-4,7,12,15H,6,8-11H2,1-2H3/p+1. The molecule has 2 amide bonds. The van der Waals surface area contributed by atoms with Crippen molar-refractivity contribution in [3.63, 3.8) is 0 Å². The fourth-order valence-electron chi connectivity index (χ4n) is 3.83. The zero-order valence-corrected chi connectivity index (χ0v) is 14.9. The van der Waals surface area contributed by atoms with Crippen molar-refractivity contribution >= 4 is 23.4 Å². The second-order valence-electron chi connectivity index (χ2n) is 7.12. The summed E-state index contributed by atoms with van der Waals surface area (Å²) in [7, 11) is 0. The number of halogens is 1. The number of benzene rings is 1. The average Bonchev–Trinajstić information content (AvgIpc) is 2.92. The van der Waals surface area contributed by atoms with Crippen molar-refractivity contribution < 1.29 is 18.7 Å². The van der Waals surface area contributed by atoms with Crippen LogP contribution in [-0.2, 0) is 9.53 Å². The normalized spacial score (nSPS) is 27.5. The molecule has 0 aliphatic carbocycles. The molecule has 0 aromatic heterocycles. The monoisotopic (exact) mass is 361 g/mol. The molecule has 2 fully saturated rings. The molecule has 7 nitrogen and oxygen atoms in total. The number of carbonyl (C=O) groups is 2. The molecule has 3 rings (SSSR count). The van der Waals surface area contributed by atoms with Gasteiger partial charge < -0.3 is 10.1 Å². The van der Waals surface area contributed by atoms with Gasteiger partial charge >= 0.3 is 6.09 Å². The van der Waals surface area contributed by atoms with Gasteiger partial charge in [0.1, 0.15) is 12.2 Å². The summed E-state index contributed by atoms with van der Waals surface area (Å²) in [5.41, 5.74) is 0.890. The number of cyclic esters (lactones) is 1. The van der Waals surface area contributed by atoms with Crippen molar-refractivity contribution in [1.82, 2.24) is 9.80 Å². The van der Waals surface area contributed by atoms with Crippen LogP contribution in [0.2, 0.25) is 0 Å². The minimum Gasteiger partial charge on any atom is -0.442 e. The zero-order chi connectivity index (χ0) is 18.9. The Balaban J connectivity index is 1.77. The lowest BCUT2D eigenvalue weighted by molar-refractivity contribution is -0.119. The Kier molecular flexibility index (Phi) is 4.83. The number of nitriles is 1. The molecule has 1 aromatic rings. The van der Waals surface area contributed by atoms with Gasteiger partial charge in [-0.25, -0.2) is 9.18 Å². The van der Waals surface area contributed by atoms with Crippen molar-refractivity contribution in [1.29, 1.82) is 5.26 Å². The fourth-order valence-corrected chi connectivity index (χ4v) is 3.83. The summed E-state index contributed by atoms with van der Waals surface area (Å²) in [5, 5.41) is 11.7. The average molecular weight is 361 g/mol. The second kappa shape index (κ2) is 6.92. The van der Waals surface area contributed by atoms with E-state index in [4.69, 9.17) is 10.00 Å². The molecule has 1 aromatic carbocycles. The molecule has 2 saturated heterocycles. The van der Waals surface area contributed by atoms with Crippen LogP contribution >= 0.6 is 0 Å². The molecule has 2 aliphatic heterocycles. The number of nitrogens with one attached hydrogen (secondary N) is 1. The highest BCUT2D eigenvalue weighted by molar-refractivity contribution is 5.90. The van der Waals surface area contributed by atoms with Gasteiger partial charge in [-0.3, -0.25) is 14.2 Å². The lowest BCUT2D eigenvalue weighted by atomic mass is 9.95. The number of ether oxygens (including phenoxy) is 1. The van der Waals surface area contributed by atoms with Gasteiger partial charge in [-0.15, -0.1) is 0 Å². The van der Waals surface area contributed by atoms with E-state index in [2.05, 4.69) is 18.3 Å². The first-order valence-corrected chi connectivity index (χ1v) is 8.60. The van der Waals surface area contributed by atoms with Crippen LogP contribution in [-0.4, -0.2) is 50.8 Å². The molecule has 0 radical (unpaired) electrons. The summed E-state index contributed by atoms with van der Waals surface area (Å²) in [4.78, 5) is 24.4. The molecule has 8 heteroatoms. The van der Waals surface area contributed by atoms with E-state index < -0.39 is 18.0 Å². The minimum absolute atomic E-state index is 0.204. The van der Waals surface area contributed by atoms with E-state index >= 15 is 0 Å². The first kappa shape index (κ1) is 18.1. The highest BCUT2D eigenvalue weighted by atomic mass is 19.1. The van der Waals surface area contributed by atoms with Crippen LogP contribution in [0.3, 0.4) is 0 Å². The number of carbonyl (C=O) groups excluding carboxylic acids is 2. The van der Waals surface area contributed by atoms with Gasteiger partial charge in [0.05, 0.1) is 37.8 Å². The van der Waals surface area contributed by atoms with E-state index in [0.717, 1.165) is 13.1 Å². The highest BCUT2D eigenvalue weighted by Crippen LogP contribution is 2.37. The summed E-state index contributed by atoms with van der Waals surface area (Å²) >= 11 is 0. The maximum Gasteiger partial charge on any atom is 0.414 e. The number of anilines is 1. The van der Waals surface area contributed by atoms with Crippen LogP contribution < -0.4 is 14.7 Å². The van der Waals surface area contributed by atoms with E-state index in [1.807, 2.05) is 0 Å². The van der Waals surface area contributed by atoms with Crippen LogP contribution in [0.4, 0.5) is 20.6 Å². The van der Waals surface area contributed by atoms with Gasteiger partial charge in [0.15, 0.2) is 18.0 Å². The Labute approximate surface area is 151 Å². The molecule has 1 unspecified atom stereocenters. The van der Waals surface area contributed by atoms with E-state index in [1.165, 1.54) is 17.9 Å². The number of nitrogens with zero attached hydrogens (tertiary/aromatic N) is 3. The maximum absolute atomic E-state index is 14.8. The highest BCUT2D eigenvalue weighted by Gasteiger charge is 2.45. The SMILES string of the molecule is CC(=O)NCC1CN(c2ccc([N+]3(CC#N)CC(C)C3)c(F)c2)C(=O)O1. The molecule has 0 saturated carbocycles. The number of hydrogen-bond donors (Lipinski definition) is 1. The number of quaternary nitrogens is 1. The van der Waals surface area contributed by atoms with Crippen LogP contribution in [0, 0.1) is 23.1 Å². The molecule has 0 bridgehead atoms. The third-order valence-corrected chi connectivity index (χ3v) is 4.90. The summed E-state index contributed by atoms with van der Waals surface area (Å²) in [6.07, 6.45) is -1.03. The van der Waals surface area contributed by atoms with Crippen molar-refractivity contribution in [3.05, 3.63) is 24.0 Å². The lowest BCUT2D eigenvalue weighted by Crippen LogP contribution is -2.64. The first-order chi connectivity index (χ1) is 12.3. The Morgan fingerprint density at radius 2 is 2.23 bits per heavy atom. The molecular formula is C18H22FN4O3+. The van der Waals surface area contributed by atoms with Crippen LogP contribution in [0.1, 0.15) is 13.8 Å². The molecule has 26 heavy (non-hydrogen) atoms. The summed E-state index contributed by atoms with van der Waals surface area (Å²) in [5.74, 6) is -0.182. The Hall–Kier alpha value is -2.66. The quantitative estimate of drug-likeness (QED) is 0.640. The van der Waals surface area contributed by atoms with E-state index in [0.29, 0.717) is 21.8 Å². The maximum atomic E-state index is 14.8. The zero-order valence-electron chi connectivity index (χ0n) is 14.9. The fraction of sp³-hybridized carbons (Fsp3) is 0.500. The summed E-state index contributed by atoms with van der Waals surface area (Å²) in [6, 6.07) is 6.80. The molecule has 1 N–H and O–H groups in total. The smallest absolute Gasteiger partial charge is 0.414 e.